The number of hydrogen-bond acceptors (Lipinski definition) is 5. The molecule has 0 unspecified atom stereocenters. The summed E-state index contributed by atoms with van der Waals surface area (Å²) >= 11 is 1.43. The van der Waals surface area contributed by atoms with Crippen LogP contribution >= 0.6 is 11.3 Å². The number of nitrogens with zero attached hydrogens (tertiary/aromatic N) is 1. The zero-order chi connectivity index (χ0) is 17.2. The van der Waals surface area contributed by atoms with Crippen LogP contribution in [0.2, 0.25) is 0 Å². The molecule has 1 saturated heterocycles. The SMILES string of the molecule is CC(C)(C)OC(=O)N1C[C@H](C(=O)O)[C@H](C(=O)Nc2ccsc2)C1. The Bertz CT molecular complexity index is 594. The normalized spacial score (nSPS) is 21.1. The molecular formula is C15H20N2O5S. The number of amides is 2. The van der Waals surface area contributed by atoms with Gasteiger partial charge in [-0.15, -0.1) is 0 Å². The minimum absolute atomic E-state index is 0.0296. The van der Waals surface area contributed by atoms with Gasteiger partial charge in [0.25, 0.3) is 0 Å². The Morgan fingerprint density at radius 2 is 1.96 bits per heavy atom. The zero-order valence-electron chi connectivity index (χ0n) is 13.2. The minimum atomic E-state index is -1.10. The predicted octanol–water partition coefficient (Wildman–Crippen LogP) is 2.25. The summed E-state index contributed by atoms with van der Waals surface area (Å²) in [5.41, 5.74) is -0.0489. The Hall–Kier alpha value is -2.09. The second kappa shape index (κ2) is 6.57. The van der Waals surface area contributed by atoms with Crippen molar-refractivity contribution >= 4 is 35.0 Å². The van der Waals surface area contributed by atoms with Gasteiger partial charge in [0.15, 0.2) is 0 Å². The Morgan fingerprint density at radius 3 is 2.48 bits per heavy atom. The number of carboxylic acid groups (broad SMARTS) is 1. The van der Waals surface area contributed by atoms with Gasteiger partial charge in [-0.25, -0.2) is 4.79 Å². The van der Waals surface area contributed by atoms with E-state index in [0.717, 1.165) is 0 Å². The van der Waals surface area contributed by atoms with Crippen LogP contribution in [0.25, 0.3) is 0 Å². The molecule has 2 rings (SSSR count). The number of carboxylic acids is 1. The van der Waals surface area contributed by atoms with Crippen molar-refractivity contribution in [1.29, 1.82) is 0 Å². The van der Waals surface area contributed by atoms with E-state index >= 15 is 0 Å². The van der Waals surface area contributed by atoms with E-state index in [4.69, 9.17) is 4.74 Å². The highest BCUT2D eigenvalue weighted by Gasteiger charge is 2.44. The van der Waals surface area contributed by atoms with Crippen LogP contribution in [0.4, 0.5) is 10.5 Å². The van der Waals surface area contributed by atoms with Gasteiger partial charge >= 0.3 is 12.1 Å². The smallest absolute Gasteiger partial charge is 0.410 e. The van der Waals surface area contributed by atoms with Crippen LogP contribution in [0.15, 0.2) is 16.8 Å². The van der Waals surface area contributed by atoms with Gasteiger partial charge in [0.05, 0.1) is 17.5 Å². The maximum Gasteiger partial charge on any atom is 0.410 e. The predicted molar refractivity (Wildman–Crippen MR) is 85.4 cm³/mol. The molecule has 7 nitrogen and oxygen atoms in total. The lowest BCUT2D eigenvalue weighted by molar-refractivity contribution is -0.144. The molecule has 2 amide bonds. The highest BCUT2D eigenvalue weighted by atomic mass is 32.1. The molecule has 1 aromatic heterocycles. The lowest BCUT2D eigenvalue weighted by Gasteiger charge is -2.24. The summed E-state index contributed by atoms with van der Waals surface area (Å²) in [5, 5.41) is 15.6. The third-order valence-electron chi connectivity index (χ3n) is 3.41. The van der Waals surface area contributed by atoms with Gasteiger partial charge < -0.3 is 20.1 Å². The molecule has 1 aliphatic rings. The van der Waals surface area contributed by atoms with Crippen molar-refractivity contribution < 1.29 is 24.2 Å². The molecule has 2 heterocycles. The van der Waals surface area contributed by atoms with E-state index in [-0.39, 0.29) is 13.1 Å². The second-order valence-corrected chi connectivity index (χ2v) is 7.22. The summed E-state index contributed by atoms with van der Waals surface area (Å²) in [6, 6.07) is 1.74. The molecule has 0 aliphatic carbocycles. The Kier molecular flexibility index (Phi) is 4.93. The maximum atomic E-state index is 12.3. The van der Waals surface area contributed by atoms with E-state index in [0.29, 0.717) is 5.69 Å². The lowest BCUT2D eigenvalue weighted by Crippen LogP contribution is -2.36. The monoisotopic (exact) mass is 340 g/mol. The molecule has 23 heavy (non-hydrogen) atoms. The first kappa shape index (κ1) is 17.3. The third kappa shape index (κ3) is 4.44. The Labute approximate surface area is 138 Å². The second-order valence-electron chi connectivity index (χ2n) is 6.44. The minimum Gasteiger partial charge on any atom is -0.481 e. The first-order valence-corrected chi connectivity index (χ1v) is 8.15. The van der Waals surface area contributed by atoms with Crippen LogP contribution in [-0.4, -0.2) is 46.7 Å². The number of likely N-dealkylation sites (tertiary alicyclic amines) is 1. The van der Waals surface area contributed by atoms with Crippen molar-refractivity contribution in [3.8, 4) is 0 Å². The fourth-order valence-electron chi connectivity index (χ4n) is 2.37. The van der Waals surface area contributed by atoms with Crippen molar-refractivity contribution in [3.63, 3.8) is 0 Å². The van der Waals surface area contributed by atoms with Gasteiger partial charge in [0, 0.05) is 18.5 Å². The molecule has 126 valence electrons. The van der Waals surface area contributed by atoms with E-state index < -0.39 is 35.4 Å². The average Bonchev–Trinajstić information content (AvgIpc) is 3.04. The van der Waals surface area contributed by atoms with Crippen molar-refractivity contribution in [2.45, 2.75) is 26.4 Å². The summed E-state index contributed by atoms with van der Waals surface area (Å²) in [5.74, 6) is -3.25. The average molecular weight is 340 g/mol. The molecule has 8 heteroatoms. The van der Waals surface area contributed by atoms with Crippen LogP contribution in [0, 0.1) is 11.8 Å². The highest BCUT2D eigenvalue weighted by Crippen LogP contribution is 2.27. The summed E-state index contributed by atoms with van der Waals surface area (Å²) in [4.78, 5) is 37.1. The van der Waals surface area contributed by atoms with Crippen LogP contribution in [-0.2, 0) is 14.3 Å². The molecule has 1 fully saturated rings. The number of thiophene rings is 1. The quantitative estimate of drug-likeness (QED) is 0.880. The van der Waals surface area contributed by atoms with Crippen LogP contribution in [0.3, 0.4) is 0 Å². The third-order valence-corrected chi connectivity index (χ3v) is 4.10. The number of carbonyl (C=O) groups is 3. The molecule has 1 aromatic rings. The first-order chi connectivity index (χ1) is 10.7. The topological polar surface area (TPSA) is 95.9 Å². The number of anilines is 1. The molecule has 0 bridgehead atoms. The van der Waals surface area contributed by atoms with Gasteiger partial charge in [-0.1, -0.05) is 0 Å². The van der Waals surface area contributed by atoms with Gasteiger partial charge in [0.1, 0.15) is 5.60 Å². The maximum absolute atomic E-state index is 12.3. The van der Waals surface area contributed by atoms with Crippen molar-refractivity contribution in [2.24, 2.45) is 11.8 Å². The van der Waals surface area contributed by atoms with Crippen LogP contribution in [0.1, 0.15) is 20.8 Å². The Morgan fingerprint density at radius 1 is 1.30 bits per heavy atom. The van der Waals surface area contributed by atoms with E-state index in [2.05, 4.69) is 5.32 Å². The molecular weight excluding hydrogens is 320 g/mol. The fraction of sp³-hybridized carbons (Fsp3) is 0.533. The first-order valence-electron chi connectivity index (χ1n) is 7.21. The molecule has 0 aromatic carbocycles. The summed E-state index contributed by atoms with van der Waals surface area (Å²) in [7, 11) is 0. The van der Waals surface area contributed by atoms with Gasteiger partial charge in [-0.2, -0.15) is 11.3 Å². The Balaban J connectivity index is 2.07. The van der Waals surface area contributed by atoms with Crippen molar-refractivity contribution in [3.05, 3.63) is 16.8 Å². The summed E-state index contributed by atoms with van der Waals surface area (Å²) in [6.07, 6.45) is -0.602. The number of ether oxygens (including phenoxy) is 1. The standard InChI is InChI=1S/C15H20N2O5S/c1-15(2,3)22-14(21)17-6-10(11(7-17)13(19)20)12(18)16-9-4-5-23-8-9/h4-5,8,10-11H,6-7H2,1-3H3,(H,16,18)(H,19,20)/t10-,11+/m1/s1. The largest absolute Gasteiger partial charge is 0.481 e. The molecule has 1 aliphatic heterocycles. The summed E-state index contributed by atoms with van der Waals surface area (Å²) < 4.78 is 5.25. The van der Waals surface area contributed by atoms with Crippen molar-refractivity contribution in [2.75, 3.05) is 18.4 Å². The summed E-state index contributed by atoms with van der Waals surface area (Å²) in [6.45, 7) is 5.19. The number of rotatable bonds is 3. The number of carbonyl (C=O) groups excluding carboxylic acids is 2. The molecule has 2 atom stereocenters. The van der Waals surface area contributed by atoms with Gasteiger partial charge in [-0.3, -0.25) is 9.59 Å². The van der Waals surface area contributed by atoms with E-state index in [9.17, 15) is 19.5 Å². The van der Waals surface area contributed by atoms with Crippen LogP contribution < -0.4 is 5.32 Å². The lowest BCUT2D eigenvalue weighted by atomic mass is 9.95. The van der Waals surface area contributed by atoms with E-state index in [1.165, 1.54) is 16.2 Å². The highest BCUT2D eigenvalue weighted by molar-refractivity contribution is 7.08. The van der Waals surface area contributed by atoms with E-state index in [1.807, 2.05) is 5.38 Å². The molecule has 0 saturated carbocycles. The molecule has 2 N–H and O–H groups in total. The zero-order valence-corrected chi connectivity index (χ0v) is 14.1. The fourth-order valence-corrected chi connectivity index (χ4v) is 2.95. The van der Waals surface area contributed by atoms with E-state index in [1.54, 1.807) is 32.2 Å². The molecule has 0 spiro atoms. The van der Waals surface area contributed by atoms with Gasteiger partial charge in [-0.05, 0) is 32.2 Å². The van der Waals surface area contributed by atoms with Crippen molar-refractivity contribution in [1.82, 2.24) is 4.90 Å². The van der Waals surface area contributed by atoms with Crippen LogP contribution in [0.5, 0.6) is 0 Å². The molecule has 0 radical (unpaired) electrons. The number of hydrogen-bond donors (Lipinski definition) is 2. The number of nitrogens with one attached hydrogen (secondary N) is 1. The van der Waals surface area contributed by atoms with Gasteiger partial charge in [0.2, 0.25) is 5.91 Å². The number of aliphatic carboxylic acids is 1.